The third-order valence-electron chi connectivity index (χ3n) is 2.76. The Balaban J connectivity index is 2.23. The summed E-state index contributed by atoms with van der Waals surface area (Å²) in [5.41, 5.74) is 2.73. The highest BCUT2D eigenvalue weighted by atomic mass is 32.1. The van der Waals surface area contributed by atoms with Crippen molar-refractivity contribution < 1.29 is 14.7 Å². The number of rotatable bonds is 3. The van der Waals surface area contributed by atoms with E-state index in [-0.39, 0.29) is 10.8 Å². The number of amides is 1. The van der Waals surface area contributed by atoms with Crippen LogP contribution in [0.2, 0.25) is 0 Å². The highest BCUT2D eigenvalue weighted by molar-refractivity contribution is 7.15. The second-order valence-corrected chi connectivity index (χ2v) is 5.27. The molecule has 0 atom stereocenters. The molecule has 0 saturated carbocycles. The number of carboxylic acids is 1. The molecule has 0 radical (unpaired) electrons. The van der Waals surface area contributed by atoms with Gasteiger partial charge in [-0.3, -0.25) is 4.79 Å². The Kier molecular flexibility index (Phi) is 3.66. The standard InChI is InChI=1S/C14H13NO3S/c1-8-4-3-5-9(2)12(8)15-13(16)10-6-7-11(19-10)14(17)18/h3-7H,1-2H3,(H,15,16)(H,17,18). The number of aryl methyl sites for hydroxylation is 2. The van der Waals surface area contributed by atoms with Crippen molar-refractivity contribution >= 4 is 28.9 Å². The fourth-order valence-electron chi connectivity index (χ4n) is 1.76. The Labute approximate surface area is 114 Å². The molecule has 1 heterocycles. The van der Waals surface area contributed by atoms with E-state index in [1.54, 1.807) is 0 Å². The lowest BCUT2D eigenvalue weighted by Crippen LogP contribution is -2.12. The number of hydrogen-bond acceptors (Lipinski definition) is 3. The number of para-hydroxylation sites is 1. The average Bonchev–Trinajstić information content (AvgIpc) is 2.83. The number of carboxylic acid groups (broad SMARTS) is 1. The number of benzene rings is 1. The maximum atomic E-state index is 12.1. The van der Waals surface area contributed by atoms with Crippen LogP contribution in [0, 0.1) is 13.8 Å². The van der Waals surface area contributed by atoms with Gasteiger partial charge in [0.15, 0.2) is 0 Å². The lowest BCUT2D eigenvalue weighted by molar-refractivity contribution is 0.0702. The average molecular weight is 275 g/mol. The number of aromatic carboxylic acids is 1. The molecule has 1 aromatic carbocycles. The second-order valence-electron chi connectivity index (χ2n) is 4.19. The van der Waals surface area contributed by atoms with E-state index in [2.05, 4.69) is 5.32 Å². The third kappa shape index (κ3) is 2.82. The van der Waals surface area contributed by atoms with E-state index in [0.717, 1.165) is 28.2 Å². The first kappa shape index (κ1) is 13.3. The fourth-order valence-corrected chi connectivity index (χ4v) is 2.50. The molecule has 0 bridgehead atoms. The first-order valence-electron chi connectivity index (χ1n) is 5.69. The van der Waals surface area contributed by atoms with Crippen molar-refractivity contribution in [3.63, 3.8) is 0 Å². The van der Waals surface area contributed by atoms with Gasteiger partial charge in [-0.15, -0.1) is 11.3 Å². The summed E-state index contributed by atoms with van der Waals surface area (Å²) in [5, 5.41) is 11.7. The van der Waals surface area contributed by atoms with Crippen LogP contribution < -0.4 is 5.32 Å². The molecule has 0 spiro atoms. The quantitative estimate of drug-likeness (QED) is 0.903. The molecule has 0 aliphatic rings. The van der Waals surface area contributed by atoms with Crippen LogP contribution in [0.5, 0.6) is 0 Å². The van der Waals surface area contributed by atoms with E-state index in [0.29, 0.717) is 4.88 Å². The van der Waals surface area contributed by atoms with Gasteiger partial charge in [0, 0.05) is 5.69 Å². The topological polar surface area (TPSA) is 66.4 Å². The van der Waals surface area contributed by atoms with Crippen LogP contribution in [0.1, 0.15) is 30.5 Å². The smallest absolute Gasteiger partial charge is 0.345 e. The number of hydrogen-bond donors (Lipinski definition) is 2. The minimum Gasteiger partial charge on any atom is -0.477 e. The predicted octanol–water partition coefficient (Wildman–Crippen LogP) is 3.32. The summed E-state index contributed by atoms with van der Waals surface area (Å²) in [7, 11) is 0. The zero-order valence-corrected chi connectivity index (χ0v) is 11.4. The Bertz CT molecular complexity index is 626. The molecule has 2 rings (SSSR count). The summed E-state index contributed by atoms with van der Waals surface area (Å²) in [6, 6.07) is 8.72. The van der Waals surface area contributed by atoms with Crippen molar-refractivity contribution in [2.24, 2.45) is 0 Å². The minimum atomic E-state index is -1.02. The summed E-state index contributed by atoms with van der Waals surface area (Å²) >= 11 is 0.968. The molecule has 1 aromatic heterocycles. The van der Waals surface area contributed by atoms with Gasteiger partial charge in [-0.2, -0.15) is 0 Å². The highest BCUT2D eigenvalue weighted by Gasteiger charge is 2.14. The predicted molar refractivity (Wildman–Crippen MR) is 75.1 cm³/mol. The minimum absolute atomic E-state index is 0.159. The summed E-state index contributed by atoms with van der Waals surface area (Å²) < 4.78 is 0. The van der Waals surface area contributed by atoms with Crippen molar-refractivity contribution in [1.82, 2.24) is 0 Å². The number of carbonyl (C=O) groups is 2. The maximum absolute atomic E-state index is 12.1. The molecule has 4 nitrogen and oxygen atoms in total. The van der Waals surface area contributed by atoms with Gasteiger partial charge in [0.1, 0.15) is 4.88 Å². The van der Waals surface area contributed by atoms with Crippen LogP contribution in [-0.4, -0.2) is 17.0 Å². The van der Waals surface area contributed by atoms with Crippen molar-refractivity contribution in [3.05, 3.63) is 51.2 Å². The Morgan fingerprint density at radius 2 is 1.63 bits per heavy atom. The van der Waals surface area contributed by atoms with Gasteiger partial charge in [0.2, 0.25) is 0 Å². The largest absolute Gasteiger partial charge is 0.477 e. The Hall–Kier alpha value is -2.14. The van der Waals surface area contributed by atoms with E-state index in [9.17, 15) is 9.59 Å². The van der Waals surface area contributed by atoms with Crippen molar-refractivity contribution in [3.8, 4) is 0 Å². The first-order valence-corrected chi connectivity index (χ1v) is 6.51. The van der Waals surface area contributed by atoms with Crippen molar-refractivity contribution in [2.45, 2.75) is 13.8 Å². The maximum Gasteiger partial charge on any atom is 0.345 e. The van der Waals surface area contributed by atoms with Gasteiger partial charge < -0.3 is 10.4 Å². The summed E-state index contributed by atoms with van der Waals surface area (Å²) in [4.78, 5) is 23.4. The molecule has 0 fully saturated rings. The molecule has 0 unspecified atom stereocenters. The second kappa shape index (κ2) is 5.24. The monoisotopic (exact) mass is 275 g/mol. The molecule has 2 aromatic rings. The van der Waals surface area contributed by atoms with Gasteiger partial charge >= 0.3 is 5.97 Å². The van der Waals surface area contributed by atoms with Crippen LogP contribution in [0.3, 0.4) is 0 Å². The van der Waals surface area contributed by atoms with Gasteiger partial charge in [-0.25, -0.2) is 4.79 Å². The van der Waals surface area contributed by atoms with Gasteiger partial charge in [-0.05, 0) is 37.1 Å². The number of carbonyl (C=O) groups excluding carboxylic acids is 1. The zero-order valence-electron chi connectivity index (χ0n) is 10.6. The lowest BCUT2D eigenvalue weighted by atomic mass is 10.1. The molecule has 0 saturated heterocycles. The van der Waals surface area contributed by atoms with E-state index >= 15 is 0 Å². The lowest BCUT2D eigenvalue weighted by Gasteiger charge is -2.10. The molecule has 98 valence electrons. The highest BCUT2D eigenvalue weighted by Crippen LogP contribution is 2.22. The fraction of sp³-hybridized carbons (Fsp3) is 0.143. The Morgan fingerprint density at radius 1 is 1.05 bits per heavy atom. The van der Waals surface area contributed by atoms with Crippen LogP contribution in [0.25, 0.3) is 0 Å². The molecule has 1 amide bonds. The first-order chi connectivity index (χ1) is 8.99. The van der Waals surface area contributed by atoms with Crippen molar-refractivity contribution in [2.75, 3.05) is 5.32 Å². The Morgan fingerprint density at radius 3 is 2.16 bits per heavy atom. The zero-order chi connectivity index (χ0) is 14.0. The van der Waals surface area contributed by atoms with Crippen LogP contribution in [0.15, 0.2) is 30.3 Å². The van der Waals surface area contributed by atoms with Crippen LogP contribution in [0.4, 0.5) is 5.69 Å². The van der Waals surface area contributed by atoms with Crippen molar-refractivity contribution in [1.29, 1.82) is 0 Å². The number of nitrogens with one attached hydrogen (secondary N) is 1. The molecule has 5 heteroatoms. The van der Waals surface area contributed by atoms with Gasteiger partial charge in [0.05, 0.1) is 4.88 Å². The molecule has 19 heavy (non-hydrogen) atoms. The van der Waals surface area contributed by atoms with E-state index in [1.807, 2.05) is 32.0 Å². The van der Waals surface area contributed by atoms with E-state index in [1.165, 1.54) is 12.1 Å². The number of thiophene rings is 1. The van der Waals surface area contributed by atoms with Gasteiger partial charge in [0.25, 0.3) is 5.91 Å². The molecular formula is C14H13NO3S. The molecule has 2 N–H and O–H groups in total. The SMILES string of the molecule is Cc1cccc(C)c1NC(=O)c1ccc(C(=O)O)s1. The number of anilines is 1. The molecule has 0 aliphatic heterocycles. The molecule has 0 aliphatic carbocycles. The third-order valence-corrected chi connectivity index (χ3v) is 3.83. The van der Waals surface area contributed by atoms with Crippen LogP contribution >= 0.6 is 11.3 Å². The molecular weight excluding hydrogens is 262 g/mol. The summed E-state index contributed by atoms with van der Waals surface area (Å²) in [5.74, 6) is -1.30. The normalized spacial score (nSPS) is 10.2. The van der Waals surface area contributed by atoms with E-state index in [4.69, 9.17) is 5.11 Å². The van der Waals surface area contributed by atoms with Gasteiger partial charge in [-0.1, -0.05) is 18.2 Å². The van der Waals surface area contributed by atoms with E-state index < -0.39 is 5.97 Å². The van der Waals surface area contributed by atoms with Crippen LogP contribution in [-0.2, 0) is 0 Å². The summed E-state index contributed by atoms with van der Waals surface area (Å²) in [6.45, 7) is 3.83. The summed E-state index contributed by atoms with van der Waals surface area (Å²) in [6.07, 6.45) is 0.